The van der Waals surface area contributed by atoms with E-state index in [0.29, 0.717) is 22.6 Å². The van der Waals surface area contributed by atoms with Crippen LogP contribution in [-0.2, 0) is 6.54 Å². The Bertz CT molecular complexity index is 400. The molecule has 3 nitrogen and oxygen atoms in total. The van der Waals surface area contributed by atoms with Crippen LogP contribution < -0.4 is 0 Å². The van der Waals surface area contributed by atoms with Gasteiger partial charge in [-0.2, -0.15) is 0 Å². The van der Waals surface area contributed by atoms with Gasteiger partial charge in [0.1, 0.15) is 5.15 Å². The van der Waals surface area contributed by atoms with E-state index in [2.05, 4.69) is 16.8 Å². The zero-order valence-electron chi connectivity index (χ0n) is 9.74. The summed E-state index contributed by atoms with van der Waals surface area (Å²) < 4.78 is 0. The first-order valence-electron chi connectivity index (χ1n) is 5.77. The van der Waals surface area contributed by atoms with Crippen LogP contribution in [0.25, 0.3) is 0 Å². The minimum absolute atomic E-state index is 0.186. The van der Waals surface area contributed by atoms with E-state index in [0.717, 1.165) is 25.2 Å². The molecule has 17 heavy (non-hydrogen) atoms. The van der Waals surface area contributed by atoms with Crippen molar-refractivity contribution in [2.24, 2.45) is 5.92 Å². The maximum Gasteiger partial charge on any atom is 0.129 e. The van der Waals surface area contributed by atoms with Gasteiger partial charge in [-0.15, -0.1) is 0 Å². The normalized spacial score (nSPS) is 26.1. The smallest absolute Gasteiger partial charge is 0.129 e. The van der Waals surface area contributed by atoms with Crippen LogP contribution in [-0.4, -0.2) is 34.2 Å². The van der Waals surface area contributed by atoms with Crippen molar-refractivity contribution in [1.29, 1.82) is 0 Å². The molecule has 0 aliphatic carbocycles. The van der Waals surface area contributed by atoms with Crippen molar-refractivity contribution in [1.82, 2.24) is 9.88 Å². The van der Waals surface area contributed by atoms with Gasteiger partial charge in [-0.3, -0.25) is 4.90 Å². The first kappa shape index (κ1) is 13.1. The number of piperidine rings is 1. The Labute approximate surface area is 111 Å². The van der Waals surface area contributed by atoms with Crippen molar-refractivity contribution < 1.29 is 5.11 Å². The van der Waals surface area contributed by atoms with Crippen LogP contribution in [0.5, 0.6) is 0 Å². The third kappa shape index (κ3) is 3.32. The van der Waals surface area contributed by atoms with Gasteiger partial charge in [-0.25, -0.2) is 4.98 Å². The van der Waals surface area contributed by atoms with E-state index < -0.39 is 0 Å². The largest absolute Gasteiger partial charge is 0.393 e. The number of hydrogen-bond donors (Lipinski definition) is 1. The molecule has 2 rings (SSSR count). The zero-order chi connectivity index (χ0) is 12.4. The highest BCUT2D eigenvalue weighted by molar-refractivity contribution is 6.32. The highest BCUT2D eigenvalue weighted by Gasteiger charge is 2.24. The second-order valence-corrected chi connectivity index (χ2v) is 5.43. The number of aliphatic hydroxyl groups is 1. The van der Waals surface area contributed by atoms with Crippen molar-refractivity contribution in [2.75, 3.05) is 13.1 Å². The summed E-state index contributed by atoms with van der Waals surface area (Å²) in [5.41, 5.74) is 0.808. The molecule has 0 radical (unpaired) electrons. The topological polar surface area (TPSA) is 36.4 Å². The first-order chi connectivity index (χ1) is 8.06. The Kier molecular flexibility index (Phi) is 4.26. The van der Waals surface area contributed by atoms with Crippen LogP contribution in [0.4, 0.5) is 0 Å². The van der Waals surface area contributed by atoms with Gasteiger partial charge in [0.2, 0.25) is 0 Å². The molecule has 1 N–H and O–H groups in total. The van der Waals surface area contributed by atoms with Crippen LogP contribution in [0.15, 0.2) is 12.1 Å². The van der Waals surface area contributed by atoms with Gasteiger partial charge in [0.25, 0.3) is 0 Å². The summed E-state index contributed by atoms with van der Waals surface area (Å²) in [6.07, 6.45) is 0.619. The maximum atomic E-state index is 9.67. The average molecular weight is 275 g/mol. The number of rotatable bonds is 2. The Balaban J connectivity index is 2.03. The molecule has 1 aromatic rings. The molecule has 1 aliphatic heterocycles. The highest BCUT2D eigenvalue weighted by atomic mass is 35.5. The number of aliphatic hydroxyl groups excluding tert-OH is 1. The molecule has 2 unspecified atom stereocenters. The minimum Gasteiger partial charge on any atom is -0.393 e. The molecule has 2 heterocycles. The fourth-order valence-electron chi connectivity index (χ4n) is 2.14. The third-order valence-corrected chi connectivity index (χ3v) is 3.76. The summed E-state index contributed by atoms with van der Waals surface area (Å²) >= 11 is 11.9. The SMILES string of the molecule is CC1CN(Cc2nc(Cl)ccc2Cl)CCC1O. The molecule has 0 aromatic carbocycles. The molecule has 1 aromatic heterocycles. The number of pyridine rings is 1. The van der Waals surface area contributed by atoms with E-state index in [1.807, 2.05) is 0 Å². The molecule has 0 spiro atoms. The van der Waals surface area contributed by atoms with Crippen LogP contribution in [0.2, 0.25) is 10.2 Å². The van der Waals surface area contributed by atoms with Gasteiger partial charge in [0.05, 0.1) is 16.8 Å². The molecule has 0 bridgehead atoms. The van der Waals surface area contributed by atoms with E-state index in [9.17, 15) is 5.11 Å². The summed E-state index contributed by atoms with van der Waals surface area (Å²) in [4.78, 5) is 6.49. The first-order valence-corrected chi connectivity index (χ1v) is 6.53. The fourth-order valence-corrected chi connectivity index (χ4v) is 2.47. The highest BCUT2D eigenvalue weighted by Crippen LogP contribution is 2.22. The monoisotopic (exact) mass is 274 g/mol. The van der Waals surface area contributed by atoms with Gasteiger partial charge in [0.15, 0.2) is 0 Å². The summed E-state index contributed by atoms with van der Waals surface area (Å²) in [7, 11) is 0. The zero-order valence-corrected chi connectivity index (χ0v) is 11.2. The Morgan fingerprint density at radius 2 is 2.24 bits per heavy atom. The van der Waals surface area contributed by atoms with Crippen molar-refractivity contribution in [3.8, 4) is 0 Å². The minimum atomic E-state index is -0.186. The van der Waals surface area contributed by atoms with Gasteiger partial charge in [0, 0.05) is 19.6 Å². The fraction of sp³-hybridized carbons (Fsp3) is 0.583. The van der Waals surface area contributed by atoms with Gasteiger partial charge < -0.3 is 5.11 Å². The van der Waals surface area contributed by atoms with E-state index in [1.54, 1.807) is 12.1 Å². The molecule has 1 fully saturated rings. The van der Waals surface area contributed by atoms with Crippen LogP contribution >= 0.6 is 23.2 Å². The average Bonchev–Trinajstić information content (AvgIpc) is 2.29. The van der Waals surface area contributed by atoms with Crippen molar-refractivity contribution >= 4 is 23.2 Å². The molecule has 2 atom stereocenters. The molecular formula is C12H16Cl2N2O. The molecule has 5 heteroatoms. The lowest BCUT2D eigenvalue weighted by Crippen LogP contribution is -2.41. The van der Waals surface area contributed by atoms with E-state index in [-0.39, 0.29) is 6.10 Å². The van der Waals surface area contributed by atoms with Crippen molar-refractivity contribution in [3.05, 3.63) is 28.0 Å². The molecule has 0 saturated carbocycles. The Morgan fingerprint density at radius 3 is 2.94 bits per heavy atom. The second kappa shape index (κ2) is 5.53. The summed E-state index contributed by atoms with van der Waals surface area (Å²) in [6, 6.07) is 3.46. The van der Waals surface area contributed by atoms with Crippen molar-refractivity contribution in [3.63, 3.8) is 0 Å². The van der Waals surface area contributed by atoms with E-state index in [4.69, 9.17) is 23.2 Å². The van der Waals surface area contributed by atoms with Crippen LogP contribution in [0, 0.1) is 5.92 Å². The van der Waals surface area contributed by atoms with Crippen molar-refractivity contribution in [2.45, 2.75) is 26.0 Å². The summed E-state index contributed by atoms with van der Waals surface area (Å²) in [5.74, 6) is 0.293. The molecule has 1 aliphatic rings. The van der Waals surface area contributed by atoms with Gasteiger partial charge >= 0.3 is 0 Å². The van der Waals surface area contributed by atoms with Crippen LogP contribution in [0.1, 0.15) is 19.0 Å². The number of hydrogen-bond acceptors (Lipinski definition) is 3. The second-order valence-electron chi connectivity index (χ2n) is 4.63. The van der Waals surface area contributed by atoms with Crippen LogP contribution in [0.3, 0.4) is 0 Å². The Hall–Kier alpha value is -0.350. The molecular weight excluding hydrogens is 259 g/mol. The van der Waals surface area contributed by atoms with E-state index in [1.165, 1.54) is 0 Å². The summed E-state index contributed by atoms with van der Waals surface area (Å²) in [5, 5.41) is 10.8. The standard InChI is InChI=1S/C12H16Cl2N2O/c1-8-6-16(5-4-11(8)17)7-10-9(13)2-3-12(14)15-10/h2-3,8,11,17H,4-7H2,1H3. The predicted molar refractivity (Wildman–Crippen MR) is 69.3 cm³/mol. The molecule has 0 amide bonds. The quantitative estimate of drug-likeness (QED) is 0.843. The maximum absolute atomic E-state index is 9.67. The number of aromatic nitrogens is 1. The molecule has 1 saturated heterocycles. The number of nitrogens with zero attached hydrogens (tertiary/aromatic N) is 2. The lowest BCUT2D eigenvalue weighted by Gasteiger charge is -2.34. The summed E-state index contributed by atoms with van der Waals surface area (Å²) in [6.45, 7) is 4.49. The molecule has 94 valence electrons. The number of halogens is 2. The lowest BCUT2D eigenvalue weighted by atomic mass is 9.97. The van der Waals surface area contributed by atoms with Gasteiger partial charge in [-0.05, 0) is 24.5 Å². The predicted octanol–water partition coefficient (Wildman–Crippen LogP) is 2.59. The lowest BCUT2D eigenvalue weighted by molar-refractivity contribution is 0.0316. The third-order valence-electron chi connectivity index (χ3n) is 3.20. The Morgan fingerprint density at radius 1 is 1.47 bits per heavy atom. The van der Waals surface area contributed by atoms with E-state index >= 15 is 0 Å². The van der Waals surface area contributed by atoms with Gasteiger partial charge in [-0.1, -0.05) is 30.1 Å². The number of likely N-dealkylation sites (tertiary alicyclic amines) is 1.